The van der Waals surface area contributed by atoms with Crippen molar-refractivity contribution in [3.05, 3.63) is 102 Å². The molecule has 0 unspecified atom stereocenters. The number of aliphatic carboxylic acids is 1. The van der Waals surface area contributed by atoms with Crippen LogP contribution < -0.4 is 31.9 Å². The van der Waals surface area contributed by atoms with Crippen LogP contribution in [-0.4, -0.2) is 106 Å². The summed E-state index contributed by atoms with van der Waals surface area (Å²) in [6.45, 7) is 5.35. The Balaban J connectivity index is 1.61. The Labute approximate surface area is 369 Å². The van der Waals surface area contributed by atoms with E-state index in [9.17, 15) is 43.8 Å². The zero-order chi connectivity index (χ0) is 45.9. The van der Waals surface area contributed by atoms with Crippen molar-refractivity contribution >= 4 is 41.5 Å². The van der Waals surface area contributed by atoms with Crippen molar-refractivity contribution in [3.8, 4) is 5.75 Å². The number of hydrogen-bond acceptors (Lipinski definition) is 8. The quantitative estimate of drug-likeness (QED) is 0.119. The second kappa shape index (κ2) is 24.9. The molecule has 1 aliphatic rings. The van der Waals surface area contributed by atoms with Gasteiger partial charge in [0.1, 0.15) is 42.0 Å². The highest BCUT2D eigenvalue weighted by atomic mass is 16.4. The maximum atomic E-state index is 14.3. The predicted molar refractivity (Wildman–Crippen MR) is 237 cm³/mol. The third-order valence-electron chi connectivity index (χ3n) is 11.6. The van der Waals surface area contributed by atoms with Crippen LogP contribution in [0, 0.1) is 5.92 Å². The van der Waals surface area contributed by atoms with Gasteiger partial charge in [-0.15, -0.1) is 0 Å². The third kappa shape index (κ3) is 15.8. The summed E-state index contributed by atoms with van der Waals surface area (Å²) in [5, 5.41) is 36.0. The Bertz CT molecular complexity index is 1980. The van der Waals surface area contributed by atoms with E-state index in [4.69, 9.17) is 0 Å². The van der Waals surface area contributed by atoms with E-state index in [1.54, 1.807) is 26.0 Å². The highest BCUT2D eigenvalue weighted by Gasteiger charge is 2.36. The average Bonchev–Trinajstić information content (AvgIpc) is 3.28. The van der Waals surface area contributed by atoms with Gasteiger partial charge in [-0.2, -0.15) is 0 Å². The third-order valence-corrected chi connectivity index (χ3v) is 11.6. The number of carbonyl (C=O) groups is 7. The fraction of sp³-hybridized carbons (Fsp3) is 0.468. The van der Waals surface area contributed by atoms with E-state index in [2.05, 4.69) is 31.9 Å². The van der Waals surface area contributed by atoms with Crippen LogP contribution in [0.15, 0.2) is 84.9 Å². The topological polar surface area (TPSA) is 235 Å². The summed E-state index contributed by atoms with van der Waals surface area (Å²) in [6.07, 6.45) is 2.83. The fourth-order valence-corrected chi connectivity index (χ4v) is 7.23. The summed E-state index contributed by atoms with van der Waals surface area (Å²) in [5.41, 5.74) is 2.63. The van der Waals surface area contributed by atoms with Gasteiger partial charge in [0, 0.05) is 13.6 Å². The molecule has 3 aromatic rings. The Kier molecular flexibility index (Phi) is 19.4. The number of likely N-dealkylation sites (N-methyl/N-ethyl adjacent to an activating group) is 1. The molecule has 16 heteroatoms. The monoisotopic (exact) mass is 869 g/mol. The first kappa shape index (κ1) is 49.2. The van der Waals surface area contributed by atoms with Crippen molar-refractivity contribution < 1.29 is 43.8 Å². The Morgan fingerprint density at radius 1 is 0.746 bits per heavy atom. The molecule has 1 saturated heterocycles. The molecule has 1 fully saturated rings. The SMILES string of the molecule is CC[C@H](C)[C@@H]1NC(=O)[C@H](NC(=O)N[C@@H](CCc2ccc(O)cc2)C(=O)O)CCCCNC(=O)[C@H](CCc2ccccc2)NC(=O)[C@H](C)N(C)C(=O)[C@H](CCc2ccccc2)NC1=O. The van der Waals surface area contributed by atoms with Gasteiger partial charge in [-0.05, 0) is 99.5 Å². The van der Waals surface area contributed by atoms with Gasteiger partial charge in [-0.1, -0.05) is 93.1 Å². The predicted octanol–water partition coefficient (Wildman–Crippen LogP) is 3.36. The van der Waals surface area contributed by atoms with Gasteiger partial charge in [0.05, 0.1) is 0 Å². The largest absolute Gasteiger partial charge is 0.508 e. The van der Waals surface area contributed by atoms with Gasteiger partial charge in [0.25, 0.3) is 0 Å². The van der Waals surface area contributed by atoms with Crippen molar-refractivity contribution in [1.82, 2.24) is 36.8 Å². The van der Waals surface area contributed by atoms with Crippen LogP contribution >= 0.6 is 0 Å². The molecule has 8 N–H and O–H groups in total. The van der Waals surface area contributed by atoms with E-state index in [0.29, 0.717) is 32.1 Å². The highest BCUT2D eigenvalue weighted by molar-refractivity contribution is 5.96. The van der Waals surface area contributed by atoms with Gasteiger partial charge in [0.2, 0.25) is 29.5 Å². The van der Waals surface area contributed by atoms with E-state index in [1.165, 1.54) is 24.1 Å². The number of urea groups is 1. The van der Waals surface area contributed by atoms with Crippen molar-refractivity contribution in [2.75, 3.05) is 13.6 Å². The average molecular weight is 870 g/mol. The lowest BCUT2D eigenvalue weighted by molar-refractivity contribution is -0.142. The molecule has 0 bridgehead atoms. The van der Waals surface area contributed by atoms with Crippen LogP contribution in [0.4, 0.5) is 4.79 Å². The molecule has 0 spiro atoms. The number of rotatable bonds is 14. The summed E-state index contributed by atoms with van der Waals surface area (Å²) in [6, 6.07) is 17.5. The number of carboxylic acids is 1. The molecule has 7 amide bonds. The number of hydrogen-bond donors (Lipinski definition) is 8. The second-order valence-corrected chi connectivity index (χ2v) is 16.2. The number of amides is 7. The highest BCUT2D eigenvalue weighted by Crippen LogP contribution is 2.16. The lowest BCUT2D eigenvalue weighted by Gasteiger charge is -2.32. The second-order valence-electron chi connectivity index (χ2n) is 16.2. The molecule has 0 aliphatic carbocycles. The molecule has 0 aromatic heterocycles. The Morgan fingerprint density at radius 3 is 1.90 bits per heavy atom. The Hall–Kier alpha value is -6.45. The van der Waals surface area contributed by atoms with Gasteiger partial charge in [0.15, 0.2) is 0 Å². The van der Waals surface area contributed by atoms with Crippen LogP contribution in [0.3, 0.4) is 0 Å². The lowest BCUT2D eigenvalue weighted by Crippen LogP contribution is -2.60. The standard InChI is InChI=1S/C47H63N7O9/c1-5-30(2)40-44(59)50-38(27-22-33-16-10-7-11-17-33)45(60)54(4)31(3)41(56)49-37(26-21-32-14-8-6-9-15-32)42(57)48-29-13-12-18-36(43(58)53-40)51-47(63)52-39(46(61)62)28-23-34-19-24-35(55)25-20-34/h6-11,14-17,19-20,24-25,30-31,36-40,55H,5,12-13,18,21-23,26-29H2,1-4H3,(H,48,57)(H,49,56)(H,50,59)(H,53,58)(H,61,62)(H2,51,52,63)/t30-,31-,36+,37-,38-,39-,40-/m0/s1. The van der Waals surface area contributed by atoms with Crippen molar-refractivity contribution in [2.24, 2.45) is 5.92 Å². The van der Waals surface area contributed by atoms with Crippen LogP contribution in [0.1, 0.15) is 82.4 Å². The number of nitrogens with zero attached hydrogens (tertiary/aromatic N) is 1. The van der Waals surface area contributed by atoms with Gasteiger partial charge in [-0.3, -0.25) is 24.0 Å². The number of carboxylic acid groups (broad SMARTS) is 1. The summed E-state index contributed by atoms with van der Waals surface area (Å²) in [7, 11) is 1.47. The summed E-state index contributed by atoms with van der Waals surface area (Å²) >= 11 is 0. The summed E-state index contributed by atoms with van der Waals surface area (Å²) in [4.78, 5) is 96.9. The van der Waals surface area contributed by atoms with Crippen LogP contribution in [-0.2, 0) is 48.0 Å². The van der Waals surface area contributed by atoms with E-state index >= 15 is 0 Å². The minimum Gasteiger partial charge on any atom is -0.508 e. The van der Waals surface area contributed by atoms with Crippen molar-refractivity contribution in [1.29, 1.82) is 0 Å². The van der Waals surface area contributed by atoms with Crippen LogP contribution in [0.5, 0.6) is 5.75 Å². The van der Waals surface area contributed by atoms with Crippen molar-refractivity contribution in [3.63, 3.8) is 0 Å². The Morgan fingerprint density at radius 2 is 1.32 bits per heavy atom. The van der Waals surface area contributed by atoms with Gasteiger partial charge in [-0.25, -0.2) is 9.59 Å². The number of carbonyl (C=O) groups excluding carboxylic acids is 6. The molecule has 7 atom stereocenters. The molecule has 4 rings (SSSR count). The molecule has 0 radical (unpaired) electrons. The van der Waals surface area contributed by atoms with Crippen LogP contribution in [0.25, 0.3) is 0 Å². The molecule has 1 aliphatic heterocycles. The lowest BCUT2D eigenvalue weighted by atomic mass is 9.96. The smallest absolute Gasteiger partial charge is 0.326 e. The first-order valence-corrected chi connectivity index (χ1v) is 21.8. The minimum atomic E-state index is -1.32. The number of benzene rings is 3. The molecule has 0 saturated carbocycles. The van der Waals surface area contributed by atoms with Gasteiger partial charge < -0.3 is 47.0 Å². The number of aryl methyl sites for hydroxylation is 3. The first-order chi connectivity index (χ1) is 30.2. The summed E-state index contributed by atoms with van der Waals surface area (Å²) in [5.74, 6) is -4.51. The number of phenols is 1. The molecule has 1 heterocycles. The van der Waals surface area contributed by atoms with Crippen LogP contribution in [0.2, 0.25) is 0 Å². The maximum absolute atomic E-state index is 14.3. The van der Waals surface area contributed by atoms with E-state index in [0.717, 1.165) is 16.7 Å². The first-order valence-electron chi connectivity index (χ1n) is 21.8. The van der Waals surface area contributed by atoms with Crippen molar-refractivity contribution in [2.45, 2.75) is 121 Å². The molecular formula is C47H63N7O9. The molecule has 3 aromatic carbocycles. The summed E-state index contributed by atoms with van der Waals surface area (Å²) < 4.78 is 0. The zero-order valence-corrected chi connectivity index (χ0v) is 36.6. The number of nitrogens with one attached hydrogen (secondary N) is 6. The molecule has 340 valence electrons. The molecule has 63 heavy (non-hydrogen) atoms. The molecule has 16 nitrogen and oxygen atoms in total. The number of phenolic OH excluding ortho intramolecular Hbond substituents is 1. The number of aromatic hydroxyl groups is 1. The maximum Gasteiger partial charge on any atom is 0.326 e. The zero-order valence-electron chi connectivity index (χ0n) is 36.6. The van der Waals surface area contributed by atoms with E-state index in [-0.39, 0.29) is 44.4 Å². The van der Waals surface area contributed by atoms with E-state index < -0.39 is 83.7 Å². The minimum absolute atomic E-state index is 0.0191. The fourth-order valence-electron chi connectivity index (χ4n) is 7.23. The van der Waals surface area contributed by atoms with E-state index in [1.807, 2.05) is 67.6 Å². The normalized spacial score (nSPS) is 21.8. The van der Waals surface area contributed by atoms with Gasteiger partial charge >= 0.3 is 12.0 Å². The molecular weight excluding hydrogens is 807 g/mol.